The highest BCUT2D eigenvalue weighted by atomic mass is 32.1. The van der Waals surface area contributed by atoms with Gasteiger partial charge in [0.1, 0.15) is 5.01 Å². The maximum absolute atomic E-state index is 12.2. The van der Waals surface area contributed by atoms with Crippen LogP contribution in [0.25, 0.3) is 16.3 Å². The van der Waals surface area contributed by atoms with E-state index in [0.29, 0.717) is 17.5 Å². The van der Waals surface area contributed by atoms with Crippen LogP contribution >= 0.6 is 11.3 Å². The first kappa shape index (κ1) is 13.9. The summed E-state index contributed by atoms with van der Waals surface area (Å²) in [5.74, 6) is -1.29. The van der Waals surface area contributed by atoms with Gasteiger partial charge >= 0.3 is 6.18 Å². The Bertz CT molecular complexity index is 628. The predicted octanol–water partition coefficient (Wildman–Crippen LogP) is 4.88. The van der Waals surface area contributed by atoms with Crippen molar-refractivity contribution in [3.63, 3.8) is 0 Å². The van der Waals surface area contributed by atoms with E-state index in [9.17, 15) is 13.2 Å². The third-order valence-electron chi connectivity index (χ3n) is 2.65. The Balaban J connectivity index is 2.42. The molecule has 2 rings (SSSR count). The van der Waals surface area contributed by atoms with Crippen LogP contribution in [0, 0.1) is 0 Å². The van der Waals surface area contributed by atoms with Gasteiger partial charge in [-0.25, -0.2) is 4.98 Å². The zero-order valence-corrected chi connectivity index (χ0v) is 11.1. The summed E-state index contributed by atoms with van der Waals surface area (Å²) in [7, 11) is 0. The van der Waals surface area contributed by atoms with Gasteiger partial charge in [0.05, 0.1) is 10.2 Å². The van der Waals surface area contributed by atoms with Gasteiger partial charge in [-0.05, 0) is 23.6 Å². The van der Waals surface area contributed by atoms with Crippen molar-refractivity contribution >= 4 is 27.6 Å². The number of hydrogen-bond acceptors (Lipinski definition) is 3. The van der Waals surface area contributed by atoms with E-state index < -0.39 is 11.9 Å². The number of aliphatic hydroxyl groups is 1. The molecule has 0 aliphatic carbocycles. The lowest BCUT2D eigenvalue weighted by atomic mass is 10.0. The molecule has 1 aromatic heterocycles. The molecular formula is C13H12F3NOS. The summed E-state index contributed by atoms with van der Waals surface area (Å²) in [4.78, 5) is 4.05. The van der Waals surface area contributed by atoms with Crippen LogP contribution in [0.2, 0.25) is 0 Å². The van der Waals surface area contributed by atoms with Gasteiger partial charge < -0.3 is 5.11 Å². The normalized spacial score (nSPS) is 13.5. The molecule has 19 heavy (non-hydrogen) atoms. The highest BCUT2D eigenvalue weighted by Crippen LogP contribution is 2.30. The highest BCUT2D eigenvalue weighted by molar-refractivity contribution is 7.19. The van der Waals surface area contributed by atoms with Crippen molar-refractivity contribution in [2.24, 2.45) is 0 Å². The Labute approximate surface area is 112 Å². The van der Waals surface area contributed by atoms with Gasteiger partial charge in [0.15, 0.2) is 0 Å². The van der Waals surface area contributed by atoms with E-state index in [-0.39, 0.29) is 5.01 Å². The molecule has 0 saturated carbocycles. The van der Waals surface area contributed by atoms with Crippen LogP contribution in [0.5, 0.6) is 0 Å². The summed E-state index contributed by atoms with van der Waals surface area (Å²) in [5, 5.41) is 9.05. The van der Waals surface area contributed by atoms with Gasteiger partial charge in [-0.1, -0.05) is 19.9 Å². The molecule has 0 amide bonds. The Morgan fingerprint density at radius 2 is 2.05 bits per heavy atom. The SMILES string of the molecule is CC(C)c1ccc2nc(C=C(O)C(F)(F)F)sc2c1. The van der Waals surface area contributed by atoms with Crippen LogP contribution in [0.4, 0.5) is 13.2 Å². The first-order chi connectivity index (χ1) is 8.77. The maximum Gasteiger partial charge on any atom is 0.448 e. The second kappa shape index (κ2) is 4.85. The second-order valence-corrected chi connectivity index (χ2v) is 5.52. The molecular weight excluding hydrogens is 275 g/mol. The number of halogens is 3. The largest absolute Gasteiger partial charge is 0.504 e. The summed E-state index contributed by atoms with van der Waals surface area (Å²) in [6.45, 7) is 4.08. The van der Waals surface area contributed by atoms with Gasteiger partial charge in [-0.3, -0.25) is 0 Å². The number of fused-ring (bicyclic) bond motifs is 1. The third kappa shape index (κ3) is 3.07. The first-order valence-corrected chi connectivity index (χ1v) is 6.47. The Kier molecular flexibility index (Phi) is 3.54. The number of allylic oxidation sites excluding steroid dienone is 1. The summed E-state index contributed by atoms with van der Waals surface area (Å²) in [6, 6.07) is 5.60. The molecule has 102 valence electrons. The molecule has 0 atom stereocenters. The smallest absolute Gasteiger partial charge is 0.448 e. The summed E-state index contributed by atoms with van der Waals surface area (Å²) in [6.07, 6.45) is -4.08. The fourth-order valence-electron chi connectivity index (χ4n) is 1.58. The quantitative estimate of drug-likeness (QED) is 0.798. The molecule has 2 nitrogen and oxygen atoms in total. The minimum atomic E-state index is -4.74. The van der Waals surface area contributed by atoms with E-state index in [1.165, 1.54) is 0 Å². The van der Waals surface area contributed by atoms with Crippen molar-refractivity contribution in [2.75, 3.05) is 0 Å². The zero-order chi connectivity index (χ0) is 14.2. The van der Waals surface area contributed by atoms with Crippen molar-refractivity contribution < 1.29 is 18.3 Å². The van der Waals surface area contributed by atoms with E-state index in [4.69, 9.17) is 5.11 Å². The lowest BCUT2D eigenvalue weighted by Gasteiger charge is -2.03. The summed E-state index contributed by atoms with van der Waals surface area (Å²) < 4.78 is 37.5. The molecule has 0 spiro atoms. The molecule has 0 aliphatic heterocycles. The number of nitrogens with zero attached hydrogens (tertiary/aromatic N) is 1. The van der Waals surface area contributed by atoms with E-state index in [2.05, 4.69) is 4.98 Å². The average Bonchev–Trinajstić information content (AvgIpc) is 2.68. The van der Waals surface area contributed by atoms with Gasteiger partial charge in [-0.15, -0.1) is 11.3 Å². The topological polar surface area (TPSA) is 33.1 Å². The Morgan fingerprint density at radius 1 is 1.37 bits per heavy atom. The Hall–Kier alpha value is -1.56. The van der Waals surface area contributed by atoms with Gasteiger partial charge in [0.2, 0.25) is 5.76 Å². The molecule has 2 aromatic rings. The molecule has 6 heteroatoms. The van der Waals surface area contributed by atoms with Crippen LogP contribution in [-0.4, -0.2) is 16.3 Å². The van der Waals surface area contributed by atoms with Gasteiger partial charge in [-0.2, -0.15) is 13.2 Å². The van der Waals surface area contributed by atoms with Crippen molar-refractivity contribution in [3.05, 3.63) is 34.5 Å². The van der Waals surface area contributed by atoms with Crippen molar-refractivity contribution in [2.45, 2.75) is 25.9 Å². The van der Waals surface area contributed by atoms with Crippen LogP contribution in [0.3, 0.4) is 0 Å². The zero-order valence-electron chi connectivity index (χ0n) is 10.3. The minimum Gasteiger partial charge on any atom is -0.504 e. The second-order valence-electron chi connectivity index (χ2n) is 4.46. The number of benzene rings is 1. The molecule has 0 unspecified atom stereocenters. The molecule has 0 saturated heterocycles. The number of alkyl halides is 3. The monoisotopic (exact) mass is 287 g/mol. The molecule has 0 aliphatic rings. The van der Waals surface area contributed by atoms with E-state index in [0.717, 1.165) is 21.6 Å². The highest BCUT2D eigenvalue weighted by Gasteiger charge is 2.33. The Morgan fingerprint density at radius 3 is 2.63 bits per heavy atom. The molecule has 0 radical (unpaired) electrons. The number of rotatable bonds is 2. The van der Waals surface area contributed by atoms with Crippen molar-refractivity contribution in [1.82, 2.24) is 4.98 Å². The lowest BCUT2D eigenvalue weighted by molar-refractivity contribution is -0.119. The molecule has 0 bridgehead atoms. The molecule has 1 N–H and O–H groups in total. The summed E-state index contributed by atoms with van der Waals surface area (Å²) in [5.41, 5.74) is 1.74. The van der Waals surface area contributed by atoms with Gasteiger partial charge in [0.25, 0.3) is 0 Å². The fraction of sp³-hybridized carbons (Fsp3) is 0.308. The lowest BCUT2D eigenvalue weighted by Crippen LogP contribution is -2.10. The predicted molar refractivity (Wildman–Crippen MR) is 70.4 cm³/mol. The van der Waals surface area contributed by atoms with Crippen molar-refractivity contribution in [1.29, 1.82) is 0 Å². The number of aliphatic hydroxyl groups excluding tert-OH is 1. The number of hydrogen-bond donors (Lipinski definition) is 1. The van der Waals surface area contributed by atoms with E-state index >= 15 is 0 Å². The van der Waals surface area contributed by atoms with Crippen LogP contribution in [0.1, 0.15) is 30.3 Å². The first-order valence-electron chi connectivity index (χ1n) is 5.65. The van der Waals surface area contributed by atoms with Crippen LogP contribution < -0.4 is 0 Å². The van der Waals surface area contributed by atoms with Gasteiger partial charge in [0, 0.05) is 6.08 Å². The van der Waals surface area contributed by atoms with E-state index in [1.807, 2.05) is 26.0 Å². The number of thiazole rings is 1. The molecule has 0 fully saturated rings. The standard InChI is InChI=1S/C13H12F3NOS/c1-7(2)8-3-4-9-10(5-8)19-12(17-9)6-11(18)13(14,15)16/h3-7,18H,1-2H3. The minimum absolute atomic E-state index is 0.144. The van der Waals surface area contributed by atoms with Crippen molar-refractivity contribution in [3.8, 4) is 0 Å². The van der Waals surface area contributed by atoms with Crippen LogP contribution in [0.15, 0.2) is 24.0 Å². The molecule has 1 heterocycles. The average molecular weight is 287 g/mol. The summed E-state index contributed by atoms with van der Waals surface area (Å²) >= 11 is 1.13. The van der Waals surface area contributed by atoms with Crippen LogP contribution in [-0.2, 0) is 0 Å². The maximum atomic E-state index is 12.2. The van der Waals surface area contributed by atoms with E-state index in [1.54, 1.807) is 6.07 Å². The number of aromatic nitrogens is 1. The third-order valence-corrected chi connectivity index (χ3v) is 3.61. The fourth-order valence-corrected chi connectivity index (χ4v) is 2.53. The molecule has 1 aromatic carbocycles.